The second-order valence-electron chi connectivity index (χ2n) is 25.7. The summed E-state index contributed by atoms with van der Waals surface area (Å²) in [5.74, 6) is -2.29. The number of ether oxygens (including phenoxy) is 1. The molecule has 3 amide bonds. The number of carbonyl (C=O) groups excluding carboxylic acids is 3. The van der Waals surface area contributed by atoms with E-state index >= 15 is 0 Å². The first-order valence-electron chi connectivity index (χ1n) is 31.5. The summed E-state index contributed by atoms with van der Waals surface area (Å²) < 4.78 is 144. The van der Waals surface area contributed by atoms with E-state index in [2.05, 4.69) is 52.6 Å². The lowest BCUT2D eigenvalue weighted by atomic mass is 9.99. The van der Waals surface area contributed by atoms with Gasteiger partial charge in [-0.2, -0.15) is 36.9 Å². The van der Waals surface area contributed by atoms with E-state index in [4.69, 9.17) is 49.1 Å². The lowest BCUT2D eigenvalue weighted by Crippen LogP contribution is -2.57. The van der Waals surface area contributed by atoms with Crippen LogP contribution in [-0.4, -0.2) is 158 Å². The fraction of sp³-hybridized carbons (Fsp3) is 0.550. The number of aromatic nitrogens is 8. The monoisotopic (exact) mass is 1510 g/mol. The third kappa shape index (κ3) is 19.1. The zero-order valence-electron chi connectivity index (χ0n) is 54.8. The van der Waals surface area contributed by atoms with E-state index in [9.17, 15) is 61.2 Å². The van der Waals surface area contributed by atoms with E-state index in [0.717, 1.165) is 85.1 Å². The van der Waals surface area contributed by atoms with E-state index < -0.39 is 74.9 Å². The summed E-state index contributed by atoms with van der Waals surface area (Å²) in [6, 6.07) is 9.39. The molecule has 4 aromatic heterocycles. The van der Waals surface area contributed by atoms with Crippen LogP contribution < -0.4 is 41.2 Å². The Kier molecular flexibility index (Phi) is 24.6. The molecule has 4 aliphatic heterocycles. The smallest absolute Gasteiger partial charge is 0.444 e. The molecule has 0 saturated carbocycles. The van der Waals surface area contributed by atoms with Crippen molar-refractivity contribution in [3.8, 4) is 0 Å². The van der Waals surface area contributed by atoms with Gasteiger partial charge in [0.2, 0.25) is 10.7 Å². The van der Waals surface area contributed by atoms with Crippen molar-refractivity contribution < 1.29 is 70.6 Å². The number of sulfonamides is 4. The number of nitrogens with one attached hydrogen (secondary N) is 3. The summed E-state index contributed by atoms with van der Waals surface area (Å²) in [4.78, 5) is 41.7. The molecule has 14 rings (SSSR count). The lowest BCUT2D eigenvalue weighted by Gasteiger charge is -2.30. The maximum atomic E-state index is 12.7. The number of primary sulfonamides is 3. The predicted molar refractivity (Wildman–Crippen MR) is 361 cm³/mol. The van der Waals surface area contributed by atoms with Crippen molar-refractivity contribution in [1.29, 1.82) is 0 Å². The highest BCUT2D eigenvalue weighted by atomic mass is 35.5. The number of fused-ring (bicyclic) bond motifs is 8. The van der Waals surface area contributed by atoms with Crippen LogP contribution in [0.25, 0.3) is 0 Å². The number of hydrogen-bond donors (Lipinski definition) is 7. The summed E-state index contributed by atoms with van der Waals surface area (Å²) in [5.41, 5.74) is 21.1. The second kappa shape index (κ2) is 31.2. The third-order valence-electron chi connectivity index (χ3n) is 17.3. The molecule has 0 unspecified atom stereocenters. The summed E-state index contributed by atoms with van der Waals surface area (Å²) in [5, 5.41) is 31.6. The highest BCUT2D eigenvalue weighted by Crippen LogP contribution is 2.39. The molecule has 39 heteroatoms. The first kappa shape index (κ1) is 77.9. The Morgan fingerprint density at radius 3 is 1.48 bits per heavy atom. The number of halogens is 5. The Labute approximate surface area is 584 Å². The van der Waals surface area contributed by atoms with Gasteiger partial charge in [0.25, 0.3) is 40.1 Å². The molecule has 8 aliphatic rings. The normalized spacial score (nSPS) is 16.9. The predicted octanol–water partition coefficient (Wildman–Crippen LogP) is 4.11. The Balaban J connectivity index is 0.000000160. The highest BCUT2D eigenvalue weighted by molar-refractivity contribution is 7.90. The van der Waals surface area contributed by atoms with Crippen LogP contribution in [0.4, 0.5) is 34.1 Å². The Morgan fingerprint density at radius 1 is 0.616 bits per heavy atom. The van der Waals surface area contributed by atoms with E-state index in [-0.39, 0.29) is 57.9 Å². The molecule has 0 radical (unpaired) electrons. The number of urea groups is 1. The molecule has 0 saturated heterocycles. The number of carbonyl (C=O) groups is 3. The molecule has 4 aliphatic carbocycles. The quantitative estimate of drug-likeness (QED) is 0.0701. The minimum absolute atomic E-state index is 0. The molecular formula is C60H86Cl2F3N18O12S4+. The zero-order valence-corrected chi connectivity index (χ0v) is 59.6. The number of aryl methyl sites for hydroxylation is 4. The van der Waals surface area contributed by atoms with Gasteiger partial charge in [-0.3, -0.25) is 28.6 Å². The van der Waals surface area contributed by atoms with Gasteiger partial charge in [0.05, 0.1) is 67.8 Å². The molecular weight excluding hydrogens is 1420 g/mol. The van der Waals surface area contributed by atoms with Gasteiger partial charge in [-0.15, -0.1) is 27.9 Å². The van der Waals surface area contributed by atoms with Gasteiger partial charge in [-0.05, 0) is 156 Å². The van der Waals surface area contributed by atoms with Crippen LogP contribution in [0.3, 0.4) is 0 Å². The van der Waals surface area contributed by atoms with Gasteiger partial charge in [0.15, 0.2) is 21.6 Å². The van der Waals surface area contributed by atoms with Crippen molar-refractivity contribution >= 4 is 92.7 Å². The van der Waals surface area contributed by atoms with Crippen molar-refractivity contribution in [3.05, 3.63) is 104 Å². The van der Waals surface area contributed by atoms with Crippen LogP contribution in [0.1, 0.15) is 126 Å². The van der Waals surface area contributed by atoms with Gasteiger partial charge >= 0.3 is 24.2 Å². The first-order valence-corrected chi connectivity index (χ1v) is 38.7. The average molecular weight is 1510 g/mol. The zero-order chi connectivity index (χ0) is 71.6. The Bertz CT molecular complexity index is 4430. The maximum Gasteiger partial charge on any atom is 0.477 e. The molecule has 11 N–H and O–H groups in total. The minimum Gasteiger partial charge on any atom is -0.444 e. The molecule has 0 bridgehead atoms. The molecule has 0 atom stereocenters. The second-order valence-corrected chi connectivity index (χ2v) is 32.6. The summed E-state index contributed by atoms with van der Waals surface area (Å²) in [7, 11) is -12.0. The Morgan fingerprint density at radius 2 is 1.04 bits per heavy atom. The van der Waals surface area contributed by atoms with Crippen molar-refractivity contribution in [1.82, 2.24) is 58.8 Å². The number of benzene rings is 2. The standard InChI is InChI=1S/C20H25N5O3S.C12H15N.C11H18N4O4S.C8H10F3N4O3S.C7H12N4O2S.CH2Cl2.CH4/c1-24-8-9-25-15(12-24)11-18(22-25)29(27,28)23-20(26)21-19-16-6-2-4-13(16)10-14-5-3-7-17(14)19;13-12-10-5-1-3-8(10)7-9-4-2-6-11(9)12;1-11(2,3)19-10(16)14-4-5-15-8(7-14)6-9(13-15)20(12,17)18;9-8(10,11)7(16)15-6(19(12,17)18)3-5-4-13-1-2-14(5)15;1-10-2-3-11-6(5-10)4-7(9-11)14(8,12)13;2-1-3;/h10-11H,2-9,12H2,1H3,(H2,21,23,26);7H,1-6,13H2;6H,4-5,7H2,1-3H3,(H2,12,17,18);3,13H,1-2,4H2,(H2,12,17,18);4H,2-3,5H2,1H3,(H2,8,12,13);1H2;1H4/q;;;+1;;;. The summed E-state index contributed by atoms with van der Waals surface area (Å²) in [6.07, 6.45) is 7.97. The van der Waals surface area contributed by atoms with E-state index in [0.29, 0.717) is 51.5 Å². The number of anilines is 2. The van der Waals surface area contributed by atoms with Crippen LogP contribution in [0, 0.1) is 0 Å². The van der Waals surface area contributed by atoms with Crippen LogP contribution >= 0.6 is 23.2 Å². The molecule has 2 aromatic carbocycles. The minimum atomic E-state index is -5.19. The number of amides is 3. The number of nitrogens with two attached hydrogens (primary N) is 4. The van der Waals surface area contributed by atoms with Crippen LogP contribution in [0.15, 0.2) is 56.5 Å². The molecule has 99 heavy (non-hydrogen) atoms. The average Bonchev–Trinajstić information content (AvgIpc) is 1.64. The molecule has 546 valence electrons. The van der Waals surface area contributed by atoms with Gasteiger partial charge in [-0.1, -0.05) is 24.2 Å². The molecule has 0 fully saturated rings. The van der Waals surface area contributed by atoms with E-state index in [1.165, 1.54) is 100 Å². The molecule has 30 nitrogen and oxygen atoms in total. The van der Waals surface area contributed by atoms with Gasteiger partial charge < -0.3 is 26.0 Å². The molecule has 8 heterocycles. The molecule has 0 spiro atoms. The number of alkyl halides is 5. The number of likely N-dealkylation sites (N-methyl/N-ethyl adjacent to an activating group) is 2. The van der Waals surface area contributed by atoms with E-state index in [1.54, 1.807) is 40.9 Å². The number of nitrogen functional groups attached to an aromatic ring is 1. The molecule has 6 aromatic rings. The fourth-order valence-electron chi connectivity index (χ4n) is 12.9. The number of rotatable bonds is 6. The van der Waals surface area contributed by atoms with Crippen molar-refractivity contribution in [2.24, 2.45) is 15.4 Å². The SMILES string of the molecule is C.CC(C)(C)OC(=O)N1CCn2nc(S(N)(=O)=O)cc2C1.CN1CCn2nc(S(=O)(=O)NC(=O)Nc3c4c(cc5c3CCC5)CCC4)cc2C1.CN1CCn2nc(S(N)(=O)=O)cc2C1.ClCCl.NS(=O)(=O)c1cc2[n+](n1C(=O)C(F)(F)F)CCNC2.Nc1c2c(cc3c1CCC3)CCC2. The lowest BCUT2D eigenvalue weighted by molar-refractivity contribution is -0.776. The van der Waals surface area contributed by atoms with Gasteiger partial charge in [0, 0.05) is 62.3 Å². The largest absolute Gasteiger partial charge is 0.477 e. The van der Waals surface area contributed by atoms with Crippen molar-refractivity contribution in [2.75, 3.05) is 56.7 Å². The third-order valence-corrected chi connectivity index (χ3v) is 20.9. The summed E-state index contributed by atoms with van der Waals surface area (Å²) >= 11 is 9.53. The van der Waals surface area contributed by atoms with Crippen LogP contribution in [0.5, 0.6) is 0 Å². The van der Waals surface area contributed by atoms with Crippen LogP contribution in [-0.2, 0) is 149 Å². The van der Waals surface area contributed by atoms with E-state index in [1.807, 2.05) is 14.1 Å². The van der Waals surface area contributed by atoms with Crippen LogP contribution in [0.2, 0.25) is 0 Å². The first-order chi connectivity index (χ1) is 45.8. The Hall–Kier alpha value is -6.78. The fourth-order valence-corrected chi connectivity index (χ4v) is 15.5. The van der Waals surface area contributed by atoms with Gasteiger partial charge in [-0.25, -0.2) is 55.0 Å². The van der Waals surface area contributed by atoms with Crippen molar-refractivity contribution in [2.45, 2.75) is 189 Å². The van der Waals surface area contributed by atoms with Crippen molar-refractivity contribution in [3.63, 3.8) is 0 Å². The summed E-state index contributed by atoms with van der Waals surface area (Å²) in [6.45, 7) is 11.3. The number of hydrogen-bond acceptors (Lipinski definition) is 19. The number of nitrogens with zero attached hydrogens (tertiary/aromatic N) is 11. The van der Waals surface area contributed by atoms with Gasteiger partial charge in [0.1, 0.15) is 5.60 Å². The highest BCUT2D eigenvalue weighted by Gasteiger charge is 2.48. The topological polar surface area (TPSA) is 409 Å². The maximum absolute atomic E-state index is 12.7.